The fourth-order valence-electron chi connectivity index (χ4n) is 3.37. The van der Waals surface area contributed by atoms with Gasteiger partial charge in [0.05, 0.1) is 32.9 Å². The van der Waals surface area contributed by atoms with Crippen LogP contribution in [0.15, 0.2) is 86.9 Å². The number of hydrogen-bond acceptors (Lipinski definition) is 6. The molecule has 2 N–H and O–H groups in total. The summed E-state index contributed by atoms with van der Waals surface area (Å²) < 4.78 is 40.6. The minimum atomic E-state index is -4.76. The number of hydrogen-bond donors (Lipinski definition) is 1. The quantitative estimate of drug-likeness (QED) is 0.181. The summed E-state index contributed by atoms with van der Waals surface area (Å²) in [6.45, 7) is 1.76. The van der Waals surface area contributed by atoms with Crippen LogP contribution < -0.4 is 15.4 Å². The molecule has 4 rings (SSSR count). The molecule has 0 aliphatic carbocycles. The number of rotatable bonds is 7. The Bertz CT molecular complexity index is 1490. The number of para-hydroxylation sites is 1. The fraction of sp³-hybridized carbons (Fsp3) is 0.115. The van der Waals surface area contributed by atoms with Gasteiger partial charge in [0.1, 0.15) is 17.9 Å². The molecule has 40 heavy (non-hydrogen) atoms. The predicted octanol–water partition coefficient (Wildman–Crippen LogP) is 6.82. The molecule has 0 saturated carbocycles. The first kappa shape index (κ1) is 29.1. The zero-order chi connectivity index (χ0) is 28.9. The van der Waals surface area contributed by atoms with Gasteiger partial charge in [-0.3, -0.25) is 9.69 Å². The number of ether oxygens (including phenoxy) is 1. The van der Waals surface area contributed by atoms with E-state index in [-0.39, 0.29) is 22.7 Å². The molecule has 14 heteroatoms. The molecule has 1 saturated heterocycles. The number of alkyl halides is 3. The largest absolute Gasteiger partial charge is 0.573 e. The lowest BCUT2D eigenvalue weighted by atomic mass is 10.1. The van der Waals surface area contributed by atoms with Crippen LogP contribution in [0.5, 0.6) is 5.75 Å². The lowest BCUT2D eigenvalue weighted by Gasteiger charge is -2.18. The van der Waals surface area contributed by atoms with Gasteiger partial charge in [0.25, 0.3) is 0 Å². The van der Waals surface area contributed by atoms with Gasteiger partial charge in [-0.25, -0.2) is 9.98 Å². The number of amides is 1. The number of carbonyl (C=O) groups excluding carboxylic acids is 1. The van der Waals surface area contributed by atoms with E-state index in [0.29, 0.717) is 37.7 Å². The number of carbonyl (C=O) groups is 1. The second-order valence-corrected chi connectivity index (χ2v) is 10.2. The van der Waals surface area contributed by atoms with Crippen molar-refractivity contribution in [2.75, 3.05) is 4.90 Å². The molecule has 0 radical (unpaired) electrons. The Morgan fingerprint density at radius 2 is 1.70 bits per heavy atom. The van der Waals surface area contributed by atoms with Crippen LogP contribution in [0.3, 0.4) is 0 Å². The molecule has 0 aromatic heterocycles. The molecule has 1 aliphatic heterocycles. The summed E-state index contributed by atoms with van der Waals surface area (Å²) in [5.74, 6) is -0.382. The summed E-state index contributed by atoms with van der Waals surface area (Å²) in [5.41, 5.74) is 8.04. The van der Waals surface area contributed by atoms with E-state index in [2.05, 4.69) is 24.9 Å². The van der Waals surface area contributed by atoms with Crippen LogP contribution in [-0.4, -0.2) is 41.1 Å². The maximum atomic E-state index is 12.8. The summed E-state index contributed by atoms with van der Waals surface area (Å²) in [6.07, 6.45) is -2.06. The third-order valence-corrected chi connectivity index (χ3v) is 6.87. The number of halogens is 5. The van der Waals surface area contributed by atoms with Gasteiger partial charge in [0, 0.05) is 5.56 Å². The molecule has 206 valence electrons. The Labute approximate surface area is 241 Å². The van der Waals surface area contributed by atoms with E-state index in [9.17, 15) is 18.0 Å². The zero-order valence-electron chi connectivity index (χ0n) is 20.5. The first-order chi connectivity index (χ1) is 19.0. The van der Waals surface area contributed by atoms with Gasteiger partial charge in [-0.1, -0.05) is 65.3 Å². The molecule has 3 aromatic rings. The Morgan fingerprint density at radius 1 is 1.05 bits per heavy atom. The second kappa shape index (κ2) is 12.5. The molecule has 8 nitrogen and oxygen atoms in total. The highest BCUT2D eigenvalue weighted by Gasteiger charge is 2.38. The van der Waals surface area contributed by atoms with Crippen LogP contribution in [0.1, 0.15) is 18.1 Å². The van der Waals surface area contributed by atoms with Crippen molar-refractivity contribution in [2.45, 2.75) is 18.5 Å². The van der Waals surface area contributed by atoms with Gasteiger partial charge in [-0.15, -0.1) is 18.3 Å². The lowest BCUT2D eigenvalue weighted by Crippen LogP contribution is -2.31. The molecular formula is C26H19Cl2F3N6O2S. The normalized spacial score (nSPS) is 17.5. The number of aliphatic imine (C=N–C) groups is 2. The van der Waals surface area contributed by atoms with Crippen molar-refractivity contribution in [1.29, 1.82) is 0 Å². The van der Waals surface area contributed by atoms with Crippen LogP contribution >= 0.6 is 35.0 Å². The van der Waals surface area contributed by atoms with Crippen LogP contribution in [0.2, 0.25) is 10.0 Å². The predicted molar refractivity (Wildman–Crippen MR) is 154 cm³/mol. The SMILES string of the molecule is CC1S/C(=N/N=C\c2ccc(C(N)=NC=Nc3ccc(OC(F)(F)F)cc3)cc2)N(c2c(Cl)cccc2Cl)C1=O. The van der Waals surface area contributed by atoms with Gasteiger partial charge in [0.15, 0.2) is 5.17 Å². The molecule has 0 spiro atoms. The van der Waals surface area contributed by atoms with E-state index < -0.39 is 6.36 Å². The third-order valence-electron chi connectivity index (χ3n) is 5.23. The highest BCUT2D eigenvalue weighted by Crippen LogP contribution is 2.40. The number of benzene rings is 3. The molecule has 1 aliphatic rings. The average molecular weight is 607 g/mol. The van der Waals surface area contributed by atoms with Gasteiger partial charge in [-0.2, -0.15) is 5.10 Å². The monoisotopic (exact) mass is 606 g/mol. The molecule has 1 unspecified atom stereocenters. The zero-order valence-corrected chi connectivity index (χ0v) is 22.8. The molecule has 3 aromatic carbocycles. The van der Waals surface area contributed by atoms with E-state index in [4.69, 9.17) is 28.9 Å². The number of anilines is 1. The van der Waals surface area contributed by atoms with Crippen LogP contribution in [-0.2, 0) is 4.79 Å². The topological polar surface area (TPSA) is 105 Å². The van der Waals surface area contributed by atoms with Crippen molar-refractivity contribution >= 4 is 75.8 Å². The van der Waals surface area contributed by atoms with E-state index in [1.807, 2.05) is 0 Å². The van der Waals surface area contributed by atoms with Crippen LogP contribution in [0.25, 0.3) is 0 Å². The maximum Gasteiger partial charge on any atom is 0.573 e. The van der Waals surface area contributed by atoms with Gasteiger partial charge >= 0.3 is 6.36 Å². The molecule has 1 fully saturated rings. The molecule has 1 atom stereocenters. The first-order valence-electron chi connectivity index (χ1n) is 11.4. The smallest absolute Gasteiger partial charge is 0.406 e. The Hall–Kier alpha value is -3.87. The number of thioether (sulfide) groups is 1. The van der Waals surface area contributed by atoms with Gasteiger partial charge < -0.3 is 10.5 Å². The number of nitrogens with two attached hydrogens (primary N) is 1. The first-order valence-corrected chi connectivity index (χ1v) is 13.0. The number of amidine groups is 2. The molecule has 0 bridgehead atoms. The second-order valence-electron chi connectivity index (χ2n) is 8.05. The van der Waals surface area contributed by atoms with Crippen molar-refractivity contribution in [3.63, 3.8) is 0 Å². The van der Waals surface area contributed by atoms with E-state index in [0.717, 1.165) is 12.1 Å². The maximum absolute atomic E-state index is 12.8. The summed E-state index contributed by atoms with van der Waals surface area (Å²) in [7, 11) is 0. The summed E-state index contributed by atoms with van der Waals surface area (Å²) in [5, 5.41) is 8.94. The summed E-state index contributed by atoms with van der Waals surface area (Å²) in [4.78, 5) is 22.2. The third kappa shape index (κ3) is 7.40. The highest BCUT2D eigenvalue weighted by atomic mass is 35.5. The Kier molecular flexibility index (Phi) is 9.13. The highest BCUT2D eigenvalue weighted by molar-refractivity contribution is 8.16. The van der Waals surface area contributed by atoms with Crippen molar-refractivity contribution in [3.05, 3.63) is 87.9 Å². The number of nitrogens with zero attached hydrogens (tertiary/aromatic N) is 5. The van der Waals surface area contributed by atoms with Crippen molar-refractivity contribution in [1.82, 2.24) is 0 Å². The molecular weight excluding hydrogens is 588 g/mol. The Morgan fingerprint density at radius 3 is 2.33 bits per heavy atom. The fourth-order valence-corrected chi connectivity index (χ4v) is 4.83. The van der Waals surface area contributed by atoms with Crippen molar-refractivity contribution in [3.8, 4) is 5.75 Å². The van der Waals surface area contributed by atoms with E-state index in [1.54, 1.807) is 49.4 Å². The van der Waals surface area contributed by atoms with Crippen LogP contribution in [0, 0.1) is 0 Å². The van der Waals surface area contributed by atoms with Crippen LogP contribution in [0.4, 0.5) is 24.5 Å². The van der Waals surface area contributed by atoms with Gasteiger partial charge in [0.2, 0.25) is 5.91 Å². The minimum absolute atomic E-state index is 0.173. The summed E-state index contributed by atoms with van der Waals surface area (Å²) >= 11 is 13.8. The minimum Gasteiger partial charge on any atom is -0.406 e. The molecule has 1 amide bonds. The lowest BCUT2D eigenvalue weighted by molar-refractivity contribution is -0.274. The van der Waals surface area contributed by atoms with Crippen molar-refractivity contribution in [2.24, 2.45) is 25.9 Å². The standard InChI is InChI=1S/C26H19Cl2F3N6O2S/c1-15-24(38)37(22-20(27)3-2-4-21(22)28)25(40-15)36-35-13-16-5-7-17(8-6-16)23(32)34-14-33-18-9-11-19(12-10-18)39-26(29,30)31/h2-15H,1H3,(H2,32,33,34)/b35-13-,36-25+. The van der Waals surface area contributed by atoms with E-state index in [1.165, 1.54) is 41.3 Å². The van der Waals surface area contributed by atoms with Gasteiger partial charge in [-0.05, 0) is 48.9 Å². The van der Waals surface area contributed by atoms with E-state index >= 15 is 0 Å². The Balaban J connectivity index is 1.41. The van der Waals surface area contributed by atoms with Crippen molar-refractivity contribution < 1.29 is 22.7 Å². The summed E-state index contributed by atoms with van der Waals surface area (Å²) in [6, 6.07) is 16.9. The molecule has 1 heterocycles. The average Bonchev–Trinajstić information content (AvgIpc) is 3.17.